The molecule has 0 radical (unpaired) electrons. The minimum absolute atomic E-state index is 0.138. The van der Waals surface area contributed by atoms with E-state index >= 15 is 0 Å². The lowest BCUT2D eigenvalue weighted by Crippen LogP contribution is -2.34. The molecule has 0 amide bonds. The zero-order valence-corrected chi connectivity index (χ0v) is 11.3. The molecule has 0 heterocycles. The molecule has 1 aliphatic rings. The molecule has 0 aromatic rings. The average molecular weight is 296 g/mol. The van der Waals surface area contributed by atoms with E-state index in [4.69, 9.17) is 4.74 Å². The molecule has 1 rings (SSSR count). The van der Waals surface area contributed by atoms with Gasteiger partial charge in [-0.2, -0.15) is 0 Å². The van der Waals surface area contributed by atoms with Gasteiger partial charge in [-0.05, 0) is 59.6 Å². The Morgan fingerprint density at radius 1 is 1.23 bits per heavy atom. The van der Waals surface area contributed by atoms with Crippen molar-refractivity contribution in [3.05, 3.63) is 0 Å². The highest BCUT2D eigenvalue weighted by Gasteiger charge is 2.36. The Bertz CT molecular complexity index is 163. The Kier molecular flexibility index (Phi) is 3.67. The molecule has 1 aliphatic carbocycles. The Morgan fingerprint density at radius 2 is 1.69 bits per heavy atom. The molecule has 0 N–H and O–H groups in total. The smallest absolute Gasteiger partial charge is 0.118 e. The molecule has 0 atom stereocenters. The van der Waals surface area contributed by atoms with Crippen LogP contribution in [0.15, 0.2) is 0 Å². The van der Waals surface area contributed by atoms with Crippen molar-refractivity contribution < 1.29 is 4.74 Å². The van der Waals surface area contributed by atoms with Crippen LogP contribution in [0.3, 0.4) is 0 Å². The van der Waals surface area contributed by atoms with Gasteiger partial charge in [-0.1, -0.05) is 20.8 Å². The van der Waals surface area contributed by atoms with E-state index in [-0.39, 0.29) is 3.61 Å². The van der Waals surface area contributed by atoms with Gasteiger partial charge in [-0.15, -0.1) is 0 Å². The first kappa shape index (κ1) is 11.8. The van der Waals surface area contributed by atoms with Crippen molar-refractivity contribution >= 4 is 22.6 Å². The van der Waals surface area contributed by atoms with Crippen LogP contribution in [0.1, 0.15) is 46.5 Å². The molecule has 0 saturated heterocycles. The van der Waals surface area contributed by atoms with Gasteiger partial charge < -0.3 is 4.74 Å². The van der Waals surface area contributed by atoms with Crippen molar-refractivity contribution in [1.82, 2.24) is 0 Å². The third-order valence-electron chi connectivity index (χ3n) is 3.32. The average Bonchev–Trinajstić information content (AvgIpc) is 2.04. The van der Waals surface area contributed by atoms with Crippen molar-refractivity contribution in [2.45, 2.75) is 50.1 Å². The maximum Gasteiger partial charge on any atom is 0.118 e. The molecule has 0 spiro atoms. The van der Waals surface area contributed by atoms with Crippen molar-refractivity contribution in [1.29, 1.82) is 0 Å². The molecule has 0 aromatic carbocycles. The highest BCUT2D eigenvalue weighted by Crippen LogP contribution is 2.45. The normalized spacial score (nSPS) is 36.2. The summed E-state index contributed by atoms with van der Waals surface area (Å²) < 4.78 is 5.66. The molecule has 0 aromatic heterocycles. The molecule has 78 valence electrons. The van der Waals surface area contributed by atoms with Crippen LogP contribution >= 0.6 is 22.6 Å². The number of methoxy groups -OCH3 is 1. The second-order valence-electron chi connectivity index (χ2n) is 5.23. The summed E-state index contributed by atoms with van der Waals surface area (Å²) in [6.45, 7) is 7.06. The standard InChI is InChI=1S/C11H21IO/c1-10(2,3)9-5-7-11(12,13-4)8-6-9/h9H,5-8H2,1-4H3. The van der Waals surface area contributed by atoms with Crippen LogP contribution < -0.4 is 0 Å². The van der Waals surface area contributed by atoms with Crippen molar-refractivity contribution in [3.8, 4) is 0 Å². The molecular weight excluding hydrogens is 275 g/mol. The van der Waals surface area contributed by atoms with Crippen LogP contribution in [0, 0.1) is 11.3 Å². The summed E-state index contributed by atoms with van der Waals surface area (Å²) in [5.74, 6) is 0.880. The predicted octanol–water partition coefficient (Wildman–Crippen LogP) is 4.00. The number of ether oxygens (including phenoxy) is 1. The first-order valence-electron chi connectivity index (χ1n) is 5.11. The highest BCUT2D eigenvalue weighted by molar-refractivity contribution is 14.1. The maximum absolute atomic E-state index is 5.53. The second kappa shape index (κ2) is 4.05. The largest absolute Gasteiger partial charge is 0.368 e. The molecule has 1 saturated carbocycles. The van der Waals surface area contributed by atoms with E-state index in [9.17, 15) is 0 Å². The van der Waals surface area contributed by atoms with Crippen molar-refractivity contribution in [3.63, 3.8) is 0 Å². The van der Waals surface area contributed by atoms with E-state index in [1.54, 1.807) is 0 Å². The number of rotatable bonds is 1. The van der Waals surface area contributed by atoms with E-state index < -0.39 is 0 Å². The lowest BCUT2D eigenvalue weighted by Gasteiger charge is -2.40. The fourth-order valence-corrected chi connectivity index (χ4v) is 2.74. The Labute approximate surface area is 95.8 Å². The third-order valence-corrected chi connectivity index (χ3v) is 4.84. The van der Waals surface area contributed by atoms with Crippen LogP contribution in [0.5, 0.6) is 0 Å². The molecule has 0 aliphatic heterocycles. The lowest BCUT2D eigenvalue weighted by molar-refractivity contribution is 0.0224. The number of hydrogen-bond donors (Lipinski definition) is 0. The molecule has 1 fully saturated rings. The molecule has 0 unspecified atom stereocenters. The van der Waals surface area contributed by atoms with Gasteiger partial charge in [0.25, 0.3) is 0 Å². The number of alkyl halides is 1. The van der Waals surface area contributed by atoms with Gasteiger partial charge in [0.15, 0.2) is 0 Å². The predicted molar refractivity (Wildman–Crippen MR) is 65.2 cm³/mol. The van der Waals surface area contributed by atoms with Crippen LogP contribution in [0.4, 0.5) is 0 Å². The summed E-state index contributed by atoms with van der Waals surface area (Å²) in [6, 6.07) is 0. The van der Waals surface area contributed by atoms with Crippen LogP contribution in [-0.2, 0) is 4.74 Å². The molecule has 1 nitrogen and oxygen atoms in total. The molecule has 0 bridgehead atoms. The summed E-state index contributed by atoms with van der Waals surface area (Å²) >= 11 is 2.47. The van der Waals surface area contributed by atoms with Gasteiger partial charge in [0.05, 0.1) is 0 Å². The zero-order chi connectivity index (χ0) is 10.1. The maximum atomic E-state index is 5.53. The van der Waals surface area contributed by atoms with E-state index in [0.717, 1.165) is 5.92 Å². The SMILES string of the molecule is COC1(I)CCC(C(C)(C)C)CC1. The topological polar surface area (TPSA) is 9.23 Å². The second-order valence-corrected chi connectivity index (χ2v) is 7.19. The number of halogens is 1. The molecular formula is C11H21IO. The van der Waals surface area contributed by atoms with Gasteiger partial charge in [-0.3, -0.25) is 0 Å². The van der Waals surface area contributed by atoms with Gasteiger partial charge in [-0.25, -0.2) is 0 Å². The summed E-state index contributed by atoms with van der Waals surface area (Å²) in [5, 5.41) is 0. The monoisotopic (exact) mass is 296 g/mol. The zero-order valence-electron chi connectivity index (χ0n) is 9.19. The first-order chi connectivity index (χ1) is 5.87. The van der Waals surface area contributed by atoms with Gasteiger partial charge in [0.2, 0.25) is 0 Å². The van der Waals surface area contributed by atoms with E-state index in [1.807, 2.05) is 7.11 Å². The summed E-state index contributed by atoms with van der Waals surface area (Å²) in [6.07, 6.45) is 5.07. The Hall–Kier alpha value is 0.690. The number of hydrogen-bond acceptors (Lipinski definition) is 1. The van der Waals surface area contributed by atoms with Crippen LogP contribution in [-0.4, -0.2) is 10.7 Å². The Balaban J connectivity index is 2.48. The fraction of sp³-hybridized carbons (Fsp3) is 1.00. The minimum atomic E-state index is 0.138. The van der Waals surface area contributed by atoms with E-state index in [1.165, 1.54) is 25.7 Å². The first-order valence-corrected chi connectivity index (χ1v) is 6.19. The third kappa shape index (κ3) is 3.08. The molecule has 13 heavy (non-hydrogen) atoms. The fourth-order valence-electron chi connectivity index (χ4n) is 2.12. The summed E-state index contributed by atoms with van der Waals surface area (Å²) in [4.78, 5) is 0. The summed E-state index contributed by atoms with van der Waals surface area (Å²) in [5.41, 5.74) is 0.478. The van der Waals surface area contributed by atoms with E-state index in [2.05, 4.69) is 43.4 Å². The van der Waals surface area contributed by atoms with Crippen LogP contribution in [0.2, 0.25) is 0 Å². The Morgan fingerprint density at radius 3 is 2.00 bits per heavy atom. The van der Waals surface area contributed by atoms with Crippen LogP contribution in [0.25, 0.3) is 0 Å². The van der Waals surface area contributed by atoms with Crippen molar-refractivity contribution in [2.75, 3.05) is 7.11 Å². The summed E-state index contributed by atoms with van der Waals surface area (Å²) in [7, 11) is 1.84. The van der Waals surface area contributed by atoms with Gasteiger partial charge >= 0.3 is 0 Å². The lowest BCUT2D eigenvalue weighted by atomic mass is 9.72. The highest BCUT2D eigenvalue weighted by atomic mass is 127. The molecule has 2 heteroatoms. The minimum Gasteiger partial charge on any atom is -0.368 e. The van der Waals surface area contributed by atoms with Gasteiger partial charge in [0.1, 0.15) is 3.61 Å². The van der Waals surface area contributed by atoms with Gasteiger partial charge in [0, 0.05) is 7.11 Å². The van der Waals surface area contributed by atoms with E-state index in [0.29, 0.717) is 5.41 Å². The quantitative estimate of drug-likeness (QED) is 0.525. The van der Waals surface area contributed by atoms with Crippen molar-refractivity contribution in [2.24, 2.45) is 11.3 Å².